The Morgan fingerprint density at radius 2 is 1.48 bits per heavy atom. The Kier molecular flexibility index (Phi) is 3.82. The highest BCUT2D eigenvalue weighted by atomic mass is 16.7. The summed E-state index contributed by atoms with van der Waals surface area (Å²) in [6, 6.07) is 22.9. The molecule has 0 atom stereocenters. The van der Waals surface area contributed by atoms with Crippen molar-refractivity contribution < 1.29 is 19.3 Å². The molecule has 126 valence electrons. The molecule has 1 N–H and O–H groups in total. The first-order valence-electron chi connectivity index (χ1n) is 8.07. The molecule has 0 saturated carbocycles. The fourth-order valence-corrected chi connectivity index (χ4v) is 3.11. The van der Waals surface area contributed by atoms with Crippen LogP contribution in [-0.2, 0) is 17.1 Å². The van der Waals surface area contributed by atoms with Crippen molar-refractivity contribution in [3.63, 3.8) is 0 Å². The zero-order valence-electron chi connectivity index (χ0n) is 13.8. The predicted molar refractivity (Wildman–Crippen MR) is 93.7 cm³/mol. The number of rotatable bonds is 4. The van der Waals surface area contributed by atoms with Gasteiger partial charge in [-0.2, -0.15) is 0 Å². The van der Waals surface area contributed by atoms with Gasteiger partial charge >= 0.3 is 5.79 Å². The van der Waals surface area contributed by atoms with Gasteiger partial charge in [-0.1, -0.05) is 60.7 Å². The lowest BCUT2D eigenvalue weighted by atomic mass is 9.97. The first-order chi connectivity index (χ1) is 12.2. The topological polar surface area (TPSA) is 47.9 Å². The molecule has 4 heteroatoms. The van der Waals surface area contributed by atoms with Gasteiger partial charge < -0.3 is 19.3 Å². The van der Waals surface area contributed by atoms with Crippen LogP contribution in [0.25, 0.3) is 0 Å². The number of phenolic OH excluding ortho intramolecular Hbond substituents is 1. The molecule has 0 radical (unpaired) electrons. The van der Waals surface area contributed by atoms with E-state index in [2.05, 4.69) is 0 Å². The van der Waals surface area contributed by atoms with E-state index in [-0.39, 0.29) is 5.75 Å². The smallest absolute Gasteiger partial charge is 0.305 e. The minimum absolute atomic E-state index is 0.0401. The van der Waals surface area contributed by atoms with E-state index in [0.29, 0.717) is 18.1 Å². The van der Waals surface area contributed by atoms with Gasteiger partial charge in [-0.05, 0) is 17.7 Å². The van der Waals surface area contributed by atoms with Crippen molar-refractivity contribution in [1.82, 2.24) is 0 Å². The second kappa shape index (κ2) is 6.15. The Morgan fingerprint density at radius 1 is 0.880 bits per heavy atom. The van der Waals surface area contributed by atoms with Gasteiger partial charge in [-0.25, -0.2) is 0 Å². The largest absolute Gasteiger partial charge is 0.504 e. The minimum Gasteiger partial charge on any atom is -0.504 e. The van der Waals surface area contributed by atoms with Gasteiger partial charge in [0, 0.05) is 18.2 Å². The fraction of sp³-hybridized carbons (Fsp3) is 0.143. The van der Waals surface area contributed by atoms with Crippen LogP contribution in [0.2, 0.25) is 0 Å². The van der Waals surface area contributed by atoms with Gasteiger partial charge in [0.15, 0.2) is 11.5 Å². The molecule has 1 heterocycles. The SMILES string of the molecule is COCc1cc(O)c2c(c1)OC(c1ccccc1)(c1ccccc1)O2. The third kappa shape index (κ3) is 2.61. The number of hydrogen-bond acceptors (Lipinski definition) is 4. The molecule has 0 saturated heterocycles. The maximum Gasteiger partial charge on any atom is 0.305 e. The van der Waals surface area contributed by atoms with Gasteiger partial charge in [0.2, 0.25) is 5.75 Å². The summed E-state index contributed by atoms with van der Waals surface area (Å²) >= 11 is 0. The van der Waals surface area contributed by atoms with Gasteiger partial charge in [0.1, 0.15) is 0 Å². The Morgan fingerprint density at radius 3 is 2.04 bits per heavy atom. The lowest BCUT2D eigenvalue weighted by molar-refractivity contribution is -0.0467. The van der Waals surface area contributed by atoms with Crippen LogP contribution >= 0.6 is 0 Å². The third-order valence-corrected chi connectivity index (χ3v) is 4.21. The van der Waals surface area contributed by atoms with E-state index >= 15 is 0 Å². The third-order valence-electron chi connectivity index (χ3n) is 4.21. The standard InChI is InChI=1S/C21H18O4/c1-23-14-15-12-18(22)20-19(13-15)24-21(25-20,16-8-4-2-5-9-16)17-10-6-3-7-11-17/h2-13,22H,14H2,1H3. The first kappa shape index (κ1) is 15.5. The van der Waals surface area contributed by atoms with Crippen molar-refractivity contribution in [3.8, 4) is 17.2 Å². The molecule has 4 rings (SSSR count). The number of phenols is 1. The number of benzene rings is 3. The van der Waals surface area contributed by atoms with E-state index < -0.39 is 5.79 Å². The van der Waals surface area contributed by atoms with E-state index in [0.717, 1.165) is 16.7 Å². The van der Waals surface area contributed by atoms with E-state index in [1.165, 1.54) is 0 Å². The van der Waals surface area contributed by atoms with Crippen LogP contribution in [0.5, 0.6) is 17.2 Å². The van der Waals surface area contributed by atoms with Crippen molar-refractivity contribution in [1.29, 1.82) is 0 Å². The normalized spacial score (nSPS) is 14.4. The highest BCUT2D eigenvalue weighted by molar-refractivity contribution is 5.57. The van der Waals surface area contributed by atoms with E-state index in [4.69, 9.17) is 14.2 Å². The van der Waals surface area contributed by atoms with Gasteiger partial charge in [-0.3, -0.25) is 0 Å². The Bertz CT molecular complexity index is 836. The summed E-state index contributed by atoms with van der Waals surface area (Å²) in [5.74, 6) is -0.251. The molecule has 0 unspecified atom stereocenters. The molecule has 1 aliphatic heterocycles. The predicted octanol–water partition coefficient (Wildman–Crippen LogP) is 4.21. The first-order valence-corrected chi connectivity index (χ1v) is 8.07. The summed E-state index contributed by atoms with van der Waals surface area (Å²) in [4.78, 5) is 0. The van der Waals surface area contributed by atoms with Crippen molar-refractivity contribution >= 4 is 0 Å². The summed E-state index contributed by atoms with van der Waals surface area (Å²) in [6.07, 6.45) is 0. The lowest BCUT2D eigenvalue weighted by Crippen LogP contribution is -2.36. The molecular formula is C21H18O4. The maximum atomic E-state index is 10.4. The maximum absolute atomic E-state index is 10.4. The van der Waals surface area contributed by atoms with Crippen LogP contribution < -0.4 is 9.47 Å². The number of ether oxygens (including phenoxy) is 3. The quantitative estimate of drug-likeness (QED) is 0.776. The molecule has 0 fully saturated rings. The molecule has 0 aliphatic carbocycles. The van der Waals surface area contributed by atoms with Crippen molar-refractivity contribution in [3.05, 3.63) is 89.5 Å². The van der Waals surface area contributed by atoms with Crippen LogP contribution in [0.15, 0.2) is 72.8 Å². The number of hydrogen-bond donors (Lipinski definition) is 1. The van der Waals surface area contributed by atoms with Gasteiger partial charge in [0.25, 0.3) is 0 Å². The average molecular weight is 334 g/mol. The molecule has 3 aromatic rings. The van der Waals surface area contributed by atoms with Crippen LogP contribution in [0, 0.1) is 0 Å². The summed E-state index contributed by atoms with van der Waals surface area (Å²) in [7, 11) is 1.61. The molecule has 0 spiro atoms. The van der Waals surface area contributed by atoms with Crippen LogP contribution in [0.1, 0.15) is 16.7 Å². The number of fused-ring (bicyclic) bond motifs is 1. The molecule has 4 nitrogen and oxygen atoms in total. The van der Waals surface area contributed by atoms with Crippen LogP contribution in [0.3, 0.4) is 0 Å². The number of aromatic hydroxyl groups is 1. The van der Waals surface area contributed by atoms with Crippen LogP contribution in [0.4, 0.5) is 0 Å². The molecule has 1 aliphatic rings. The van der Waals surface area contributed by atoms with E-state index in [1.807, 2.05) is 66.7 Å². The Hall–Kier alpha value is -2.98. The zero-order chi connectivity index (χ0) is 17.3. The lowest BCUT2D eigenvalue weighted by Gasteiger charge is -2.28. The minimum atomic E-state index is -1.13. The Balaban J connectivity index is 1.86. The highest BCUT2D eigenvalue weighted by Crippen LogP contribution is 2.52. The van der Waals surface area contributed by atoms with Crippen LogP contribution in [-0.4, -0.2) is 12.2 Å². The highest BCUT2D eigenvalue weighted by Gasteiger charge is 2.46. The molecule has 0 bridgehead atoms. The summed E-state index contributed by atoms with van der Waals surface area (Å²) in [5, 5.41) is 10.4. The van der Waals surface area contributed by atoms with Crippen molar-refractivity contribution in [2.24, 2.45) is 0 Å². The molecule has 0 aromatic heterocycles. The van der Waals surface area contributed by atoms with Gasteiger partial charge in [0.05, 0.1) is 6.61 Å². The monoisotopic (exact) mass is 334 g/mol. The Labute approximate surface area is 146 Å². The summed E-state index contributed by atoms with van der Waals surface area (Å²) in [5.41, 5.74) is 2.52. The second-order valence-corrected chi connectivity index (χ2v) is 5.93. The molecule has 25 heavy (non-hydrogen) atoms. The molecule has 0 amide bonds. The van der Waals surface area contributed by atoms with E-state index in [9.17, 15) is 5.11 Å². The fourth-order valence-electron chi connectivity index (χ4n) is 3.11. The average Bonchev–Trinajstić information content (AvgIpc) is 3.05. The van der Waals surface area contributed by atoms with Gasteiger partial charge in [-0.15, -0.1) is 0 Å². The molecular weight excluding hydrogens is 316 g/mol. The van der Waals surface area contributed by atoms with Crippen molar-refractivity contribution in [2.75, 3.05) is 7.11 Å². The summed E-state index contributed by atoms with van der Waals surface area (Å²) < 4.78 is 17.7. The zero-order valence-corrected chi connectivity index (χ0v) is 13.8. The summed E-state index contributed by atoms with van der Waals surface area (Å²) in [6.45, 7) is 0.383. The second-order valence-electron chi connectivity index (χ2n) is 5.93. The number of methoxy groups -OCH3 is 1. The van der Waals surface area contributed by atoms with Crippen molar-refractivity contribution in [2.45, 2.75) is 12.4 Å². The molecule has 3 aromatic carbocycles. The van der Waals surface area contributed by atoms with E-state index in [1.54, 1.807) is 13.2 Å².